The van der Waals surface area contributed by atoms with Gasteiger partial charge in [-0.05, 0) is 69.4 Å². The van der Waals surface area contributed by atoms with Crippen LogP contribution in [0, 0.1) is 5.92 Å². The fourth-order valence-electron chi connectivity index (χ4n) is 3.34. The van der Waals surface area contributed by atoms with Crippen molar-refractivity contribution in [3.8, 4) is 5.75 Å². The highest BCUT2D eigenvalue weighted by molar-refractivity contribution is 14.0. The van der Waals surface area contributed by atoms with Crippen LogP contribution in [-0.4, -0.2) is 56.4 Å². The largest absolute Gasteiger partial charge is 0.484 e. The van der Waals surface area contributed by atoms with Crippen molar-refractivity contribution in [2.24, 2.45) is 10.9 Å². The molecular weight excluding hydrogens is 508 g/mol. The van der Waals surface area contributed by atoms with Gasteiger partial charge in [-0.2, -0.15) is 13.2 Å². The number of hydrogen-bond donors (Lipinski definition) is 2. The number of piperidine rings is 1. The summed E-state index contributed by atoms with van der Waals surface area (Å²) in [5.74, 6) is 1.62. The molecule has 0 unspecified atom stereocenters. The van der Waals surface area contributed by atoms with Crippen LogP contribution in [0.4, 0.5) is 13.2 Å². The number of nitrogens with one attached hydrogen (secondary N) is 2. The molecular formula is C21H34F3IN4O. The molecule has 1 aliphatic heterocycles. The van der Waals surface area contributed by atoms with E-state index in [2.05, 4.69) is 27.4 Å². The number of nitrogens with zero attached hydrogens (tertiary/aromatic N) is 2. The van der Waals surface area contributed by atoms with Crippen LogP contribution in [0.3, 0.4) is 0 Å². The zero-order valence-electron chi connectivity index (χ0n) is 17.8. The molecule has 1 fully saturated rings. The maximum atomic E-state index is 12.2. The molecule has 30 heavy (non-hydrogen) atoms. The van der Waals surface area contributed by atoms with Gasteiger partial charge >= 0.3 is 6.18 Å². The Morgan fingerprint density at radius 3 is 2.37 bits per heavy atom. The van der Waals surface area contributed by atoms with Crippen molar-refractivity contribution in [1.29, 1.82) is 0 Å². The lowest BCUT2D eigenvalue weighted by molar-refractivity contribution is -0.153. The SMILES string of the molecule is CCCN1CCC(CNC(=NCc2ccc(OCC(F)(F)F)cc2)NCC)CC1.I. The first-order chi connectivity index (χ1) is 13.9. The second-order valence-corrected chi connectivity index (χ2v) is 7.41. The van der Waals surface area contributed by atoms with Crippen molar-refractivity contribution >= 4 is 29.9 Å². The second-order valence-electron chi connectivity index (χ2n) is 7.41. The summed E-state index contributed by atoms with van der Waals surface area (Å²) in [5.41, 5.74) is 0.912. The van der Waals surface area contributed by atoms with Gasteiger partial charge in [0, 0.05) is 13.1 Å². The van der Waals surface area contributed by atoms with Crippen LogP contribution >= 0.6 is 24.0 Å². The third kappa shape index (κ3) is 10.7. The van der Waals surface area contributed by atoms with E-state index in [4.69, 9.17) is 4.74 Å². The molecule has 1 aromatic carbocycles. The van der Waals surface area contributed by atoms with E-state index in [1.807, 2.05) is 6.92 Å². The highest BCUT2D eigenvalue weighted by atomic mass is 127. The van der Waals surface area contributed by atoms with Crippen LogP contribution in [0.25, 0.3) is 0 Å². The molecule has 9 heteroatoms. The molecule has 0 spiro atoms. The van der Waals surface area contributed by atoms with Crippen molar-refractivity contribution in [3.63, 3.8) is 0 Å². The van der Waals surface area contributed by atoms with Gasteiger partial charge in [0.05, 0.1) is 6.54 Å². The molecule has 1 aliphatic rings. The van der Waals surface area contributed by atoms with Gasteiger partial charge in [-0.15, -0.1) is 24.0 Å². The van der Waals surface area contributed by atoms with Crippen LogP contribution in [0.2, 0.25) is 0 Å². The van der Waals surface area contributed by atoms with E-state index in [1.54, 1.807) is 24.3 Å². The number of benzene rings is 1. The monoisotopic (exact) mass is 542 g/mol. The number of alkyl halides is 3. The molecule has 172 valence electrons. The van der Waals surface area contributed by atoms with Gasteiger partial charge in [0.15, 0.2) is 12.6 Å². The zero-order chi connectivity index (χ0) is 21.1. The van der Waals surface area contributed by atoms with Gasteiger partial charge in [-0.3, -0.25) is 0 Å². The molecule has 0 amide bonds. The standard InChI is InChI=1S/C21H33F3N4O.HI/c1-3-11-28-12-9-18(10-13-28)15-27-20(25-4-2)26-14-17-5-7-19(8-6-17)29-16-21(22,23)24;/h5-8,18H,3-4,9-16H2,1-2H3,(H2,25,26,27);1H. The van der Waals surface area contributed by atoms with E-state index < -0.39 is 12.8 Å². The maximum absolute atomic E-state index is 12.2. The minimum absolute atomic E-state index is 0. The summed E-state index contributed by atoms with van der Waals surface area (Å²) in [5, 5.41) is 6.68. The molecule has 1 heterocycles. The van der Waals surface area contributed by atoms with Crippen molar-refractivity contribution in [2.75, 3.05) is 39.3 Å². The number of ether oxygens (including phenoxy) is 1. The number of likely N-dealkylation sites (tertiary alicyclic amines) is 1. The van der Waals surface area contributed by atoms with Gasteiger partial charge in [0.1, 0.15) is 5.75 Å². The summed E-state index contributed by atoms with van der Waals surface area (Å²) in [4.78, 5) is 7.12. The van der Waals surface area contributed by atoms with Crippen molar-refractivity contribution in [2.45, 2.75) is 45.8 Å². The van der Waals surface area contributed by atoms with Gasteiger partial charge in [0.25, 0.3) is 0 Å². The van der Waals surface area contributed by atoms with Gasteiger partial charge in [0.2, 0.25) is 0 Å². The maximum Gasteiger partial charge on any atom is 0.422 e. The van der Waals surface area contributed by atoms with Crippen LogP contribution < -0.4 is 15.4 Å². The topological polar surface area (TPSA) is 48.9 Å². The van der Waals surface area contributed by atoms with E-state index in [0.717, 1.165) is 37.7 Å². The highest BCUT2D eigenvalue weighted by Crippen LogP contribution is 2.19. The molecule has 2 N–H and O–H groups in total. The van der Waals surface area contributed by atoms with E-state index in [1.165, 1.54) is 25.8 Å². The van der Waals surface area contributed by atoms with Crippen molar-refractivity contribution < 1.29 is 17.9 Å². The summed E-state index contributed by atoms with van der Waals surface area (Å²) in [7, 11) is 0. The molecule has 1 aromatic rings. The van der Waals surface area contributed by atoms with Gasteiger partial charge < -0.3 is 20.3 Å². The van der Waals surface area contributed by atoms with E-state index in [-0.39, 0.29) is 29.7 Å². The minimum Gasteiger partial charge on any atom is -0.484 e. The summed E-state index contributed by atoms with van der Waals surface area (Å²) >= 11 is 0. The molecule has 2 rings (SSSR count). The Balaban J connectivity index is 0.00000450. The molecule has 0 bridgehead atoms. The fraction of sp³-hybridized carbons (Fsp3) is 0.667. The number of hydrogen-bond acceptors (Lipinski definition) is 3. The average Bonchev–Trinajstić information content (AvgIpc) is 2.70. The Labute approximate surface area is 194 Å². The zero-order valence-corrected chi connectivity index (χ0v) is 20.1. The first-order valence-electron chi connectivity index (χ1n) is 10.4. The summed E-state index contributed by atoms with van der Waals surface area (Å²) in [6.07, 6.45) is -0.727. The normalized spacial score (nSPS) is 16.1. The summed E-state index contributed by atoms with van der Waals surface area (Å²) < 4.78 is 41.3. The molecule has 5 nitrogen and oxygen atoms in total. The summed E-state index contributed by atoms with van der Waals surface area (Å²) in [6, 6.07) is 6.56. The molecule has 0 aromatic heterocycles. The second kappa shape index (κ2) is 14.0. The van der Waals surface area contributed by atoms with Gasteiger partial charge in [-0.25, -0.2) is 4.99 Å². The fourth-order valence-corrected chi connectivity index (χ4v) is 3.34. The highest BCUT2D eigenvalue weighted by Gasteiger charge is 2.28. The molecule has 0 aliphatic carbocycles. The molecule has 1 saturated heterocycles. The van der Waals surface area contributed by atoms with E-state index in [0.29, 0.717) is 12.5 Å². The minimum atomic E-state index is -4.33. The van der Waals surface area contributed by atoms with Crippen LogP contribution in [-0.2, 0) is 6.54 Å². The first-order valence-corrected chi connectivity index (χ1v) is 10.4. The Morgan fingerprint density at radius 1 is 1.13 bits per heavy atom. The Bertz CT molecular complexity index is 618. The van der Waals surface area contributed by atoms with Crippen molar-refractivity contribution in [1.82, 2.24) is 15.5 Å². The number of guanidine groups is 1. The Morgan fingerprint density at radius 2 is 1.80 bits per heavy atom. The predicted octanol–water partition coefficient (Wildman–Crippen LogP) is 4.42. The van der Waals surface area contributed by atoms with Crippen molar-refractivity contribution in [3.05, 3.63) is 29.8 Å². The van der Waals surface area contributed by atoms with Crippen LogP contribution in [0.15, 0.2) is 29.3 Å². The van der Waals surface area contributed by atoms with E-state index in [9.17, 15) is 13.2 Å². The third-order valence-corrected chi connectivity index (χ3v) is 4.89. The molecule has 0 atom stereocenters. The smallest absolute Gasteiger partial charge is 0.422 e. The quantitative estimate of drug-likeness (QED) is 0.276. The van der Waals surface area contributed by atoms with Crippen LogP contribution in [0.5, 0.6) is 5.75 Å². The lowest BCUT2D eigenvalue weighted by atomic mass is 9.97. The summed E-state index contributed by atoms with van der Waals surface area (Å²) in [6.45, 7) is 8.59. The lowest BCUT2D eigenvalue weighted by Gasteiger charge is -2.32. The molecule has 0 saturated carbocycles. The number of rotatable bonds is 9. The Hall–Kier alpha value is -1.23. The lowest BCUT2D eigenvalue weighted by Crippen LogP contribution is -2.43. The average molecular weight is 542 g/mol. The van der Waals surface area contributed by atoms with Crippen LogP contribution in [0.1, 0.15) is 38.7 Å². The predicted molar refractivity (Wildman–Crippen MR) is 126 cm³/mol. The number of halogens is 4. The number of aliphatic imine (C=N–C) groups is 1. The van der Waals surface area contributed by atoms with E-state index >= 15 is 0 Å². The first kappa shape index (κ1) is 26.8. The van der Waals surface area contributed by atoms with Gasteiger partial charge in [-0.1, -0.05) is 19.1 Å². The third-order valence-electron chi connectivity index (χ3n) is 4.89. The Kier molecular flexibility index (Phi) is 12.5. The molecule has 0 radical (unpaired) electrons.